The Morgan fingerprint density at radius 3 is 2.57 bits per heavy atom. The summed E-state index contributed by atoms with van der Waals surface area (Å²) in [6.07, 6.45) is 6.75. The zero-order chi connectivity index (χ0) is 15.7. The smallest absolute Gasteiger partial charge is 0.0645 e. The van der Waals surface area contributed by atoms with Gasteiger partial charge in [0, 0.05) is 31.6 Å². The number of nitrogens with one attached hydrogen (secondary N) is 1. The predicted molar refractivity (Wildman–Crippen MR) is 90.6 cm³/mol. The molecule has 0 saturated heterocycles. The monoisotopic (exact) mass is 294 g/mol. The molecule has 1 atom stereocenters. The molecule has 0 spiro atoms. The van der Waals surface area contributed by atoms with Crippen LogP contribution in [0.5, 0.6) is 0 Å². The van der Waals surface area contributed by atoms with Crippen molar-refractivity contribution in [2.24, 2.45) is 11.8 Å². The zero-order valence-corrected chi connectivity index (χ0v) is 14.6. The van der Waals surface area contributed by atoms with Gasteiger partial charge >= 0.3 is 0 Å². The normalized spacial score (nSPS) is 13.3. The molecule has 21 heavy (non-hydrogen) atoms. The Morgan fingerprint density at radius 1 is 1.19 bits per heavy atom. The second-order valence-electron chi connectivity index (χ2n) is 6.65. The van der Waals surface area contributed by atoms with Crippen LogP contribution in [0.15, 0.2) is 18.5 Å². The Bertz CT molecular complexity index is 371. The van der Waals surface area contributed by atoms with Gasteiger partial charge in [-0.1, -0.05) is 34.6 Å². The fourth-order valence-electron chi connectivity index (χ4n) is 2.41. The predicted octanol–water partition coefficient (Wildman–Crippen LogP) is 4.25. The van der Waals surface area contributed by atoms with Crippen molar-refractivity contribution in [1.29, 1.82) is 0 Å². The van der Waals surface area contributed by atoms with E-state index in [1.54, 1.807) is 0 Å². The van der Waals surface area contributed by atoms with Crippen LogP contribution in [0, 0.1) is 11.8 Å². The van der Waals surface area contributed by atoms with Crippen molar-refractivity contribution >= 4 is 0 Å². The third kappa shape index (κ3) is 7.14. The van der Waals surface area contributed by atoms with Crippen LogP contribution in [0.3, 0.4) is 0 Å². The van der Waals surface area contributed by atoms with Crippen LogP contribution in [0.1, 0.15) is 59.1 Å². The summed E-state index contributed by atoms with van der Waals surface area (Å²) in [5.41, 5.74) is 1.39. The summed E-state index contributed by atoms with van der Waals surface area (Å²) in [5, 5.41) is 3.64. The van der Waals surface area contributed by atoms with Gasteiger partial charge in [0.2, 0.25) is 0 Å². The van der Waals surface area contributed by atoms with Gasteiger partial charge in [-0.05, 0) is 42.9 Å². The van der Waals surface area contributed by atoms with Gasteiger partial charge in [0.05, 0.1) is 6.61 Å². The molecule has 3 nitrogen and oxygen atoms in total. The number of hydrogen-bond acceptors (Lipinski definition) is 2. The van der Waals surface area contributed by atoms with E-state index in [1.165, 1.54) is 12.0 Å². The van der Waals surface area contributed by atoms with Crippen LogP contribution < -0.4 is 5.32 Å². The first kappa shape index (κ1) is 18.2. The maximum atomic E-state index is 5.69. The van der Waals surface area contributed by atoms with Crippen molar-refractivity contribution in [3.05, 3.63) is 24.0 Å². The lowest BCUT2D eigenvalue weighted by atomic mass is 9.98. The Morgan fingerprint density at radius 2 is 1.95 bits per heavy atom. The van der Waals surface area contributed by atoms with E-state index in [0.717, 1.165) is 38.6 Å². The maximum Gasteiger partial charge on any atom is 0.0645 e. The standard InChI is InChI=1S/C18H34N2O/c1-6-9-19-18(16(4)5)17-7-10-20(14-17)11-13-21-12-8-15(2)3/h7,10,14-16,18-19H,6,8-9,11-13H2,1-5H3. The van der Waals surface area contributed by atoms with Gasteiger partial charge in [0.25, 0.3) is 0 Å². The van der Waals surface area contributed by atoms with Crippen LogP contribution in [0.2, 0.25) is 0 Å². The van der Waals surface area contributed by atoms with E-state index >= 15 is 0 Å². The quantitative estimate of drug-likeness (QED) is 0.618. The summed E-state index contributed by atoms with van der Waals surface area (Å²) in [7, 11) is 0. The van der Waals surface area contributed by atoms with E-state index < -0.39 is 0 Å². The molecule has 122 valence electrons. The lowest BCUT2D eigenvalue weighted by Gasteiger charge is -2.21. The molecule has 0 fully saturated rings. The van der Waals surface area contributed by atoms with Gasteiger partial charge in [-0.2, -0.15) is 0 Å². The molecule has 1 unspecified atom stereocenters. The molecule has 0 aliphatic carbocycles. The second kappa shape index (κ2) is 10.0. The first-order valence-electron chi connectivity index (χ1n) is 8.51. The molecule has 1 N–H and O–H groups in total. The second-order valence-corrected chi connectivity index (χ2v) is 6.65. The van der Waals surface area contributed by atoms with Gasteiger partial charge in [0.15, 0.2) is 0 Å². The minimum absolute atomic E-state index is 0.452. The molecule has 3 heteroatoms. The largest absolute Gasteiger partial charge is 0.380 e. The maximum absolute atomic E-state index is 5.69. The van der Waals surface area contributed by atoms with Gasteiger partial charge in [0.1, 0.15) is 0 Å². The summed E-state index contributed by atoms with van der Waals surface area (Å²) >= 11 is 0. The van der Waals surface area contributed by atoms with E-state index in [-0.39, 0.29) is 0 Å². The molecule has 1 aromatic rings. The van der Waals surface area contributed by atoms with Crippen LogP contribution in [-0.2, 0) is 11.3 Å². The molecule has 0 amide bonds. The molecule has 0 aromatic carbocycles. The van der Waals surface area contributed by atoms with Crippen LogP contribution >= 0.6 is 0 Å². The average molecular weight is 294 g/mol. The van der Waals surface area contributed by atoms with E-state index in [4.69, 9.17) is 4.74 Å². The third-order valence-electron chi connectivity index (χ3n) is 3.75. The Balaban J connectivity index is 2.40. The Labute approximate surface area is 131 Å². The van der Waals surface area contributed by atoms with E-state index in [2.05, 4.69) is 63.0 Å². The highest BCUT2D eigenvalue weighted by Crippen LogP contribution is 2.21. The summed E-state index contributed by atoms with van der Waals surface area (Å²) in [5.74, 6) is 1.33. The van der Waals surface area contributed by atoms with E-state index in [1.807, 2.05) is 0 Å². The molecule has 0 aliphatic heterocycles. The minimum Gasteiger partial charge on any atom is -0.380 e. The number of aromatic nitrogens is 1. The number of hydrogen-bond donors (Lipinski definition) is 1. The fraction of sp³-hybridized carbons (Fsp3) is 0.778. The number of nitrogens with zero attached hydrogens (tertiary/aromatic N) is 1. The van der Waals surface area contributed by atoms with Crippen molar-refractivity contribution < 1.29 is 4.74 Å². The first-order chi connectivity index (χ1) is 10.0. The van der Waals surface area contributed by atoms with Crippen LogP contribution in [0.25, 0.3) is 0 Å². The number of rotatable bonds is 11. The highest BCUT2D eigenvalue weighted by atomic mass is 16.5. The molecule has 1 heterocycles. The van der Waals surface area contributed by atoms with Gasteiger partial charge in [-0.3, -0.25) is 0 Å². The van der Waals surface area contributed by atoms with Crippen molar-refractivity contribution in [2.45, 2.75) is 60.0 Å². The van der Waals surface area contributed by atoms with Crippen molar-refractivity contribution in [3.8, 4) is 0 Å². The SMILES string of the molecule is CCCNC(c1ccn(CCOCCC(C)C)c1)C(C)C. The van der Waals surface area contributed by atoms with Crippen molar-refractivity contribution in [2.75, 3.05) is 19.8 Å². The van der Waals surface area contributed by atoms with Crippen LogP contribution in [-0.4, -0.2) is 24.3 Å². The summed E-state index contributed by atoms with van der Waals surface area (Å²) in [6, 6.07) is 2.69. The molecule has 0 radical (unpaired) electrons. The zero-order valence-electron chi connectivity index (χ0n) is 14.6. The fourth-order valence-corrected chi connectivity index (χ4v) is 2.41. The summed E-state index contributed by atoms with van der Waals surface area (Å²) in [4.78, 5) is 0. The highest BCUT2D eigenvalue weighted by molar-refractivity contribution is 5.16. The molecular formula is C18H34N2O. The molecule has 0 aliphatic rings. The lowest BCUT2D eigenvalue weighted by Crippen LogP contribution is -2.26. The first-order valence-corrected chi connectivity index (χ1v) is 8.51. The Hall–Kier alpha value is -0.800. The molecule has 0 saturated carbocycles. The highest BCUT2D eigenvalue weighted by Gasteiger charge is 2.15. The van der Waals surface area contributed by atoms with Crippen molar-refractivity contribution in [3.63, 3.8) is 0 Å². The summed E-state index contributed by atoms with van der Waals surface area (Å²) < 4.78 is 7.94. The number of ether oxygens (including phenoxy) is 1. The molecule has 0 bridgehead atoms. The average Bonchev–Trinajstić information content (AvgIpc) is 2.86. The molecular weight excluding hydrogens is 260 g/mol. The molecule has 1 rings (SSSR count). The minimum atomic E-state index is 0.452. The van der Waals surface area contributed by atoms with Gasteiger partial charge in [-0.25, -0.2) is 0 Å². The van der Waals surface area contributed by atoms with E-state index in [9.17, 15) is 0 Å². The topological polar surface area (TPSA) is 26.2 Å². The van der Waals surface area contributed by atoms with Gasteiger partial charge in [-0.15, -0.1) is 0 Å². The third-order valence-corrected chi connectivity index (χ3v) is 3.75. The molecule has 1 aromatic heterocycles. The summed E-state index contributed by atoms with van der Waals surface area (Å²) in [6.45, 7) is 14.9. The van der Waals surface area contributed by atoms with Crippen molar-refractivity contribution in [1.82, 2.24) is 9.88 Å². The van der Waals surface area contributed by atoms with Gasteiger partial charge < -0.3 is 14.6 Å². The van der Waals surface area contributed by atoms with Crippen LogP contribution in [0.4, 0.5) is 0 Å². The lowest BCUT2D eigenvalue weighted by molar-refractivity contribution is 0.116. The Kier molecular flexibility index (Phi) is 8.70. The van der Waals surface area contributed by atoms with E-state index in [0.29, 0.717) is 12.0 Å².